The van der Waals surface area contributed by atoms with Gasteiger partial charge in [0.05, 0.1) is 10.6 Å². The lowest BCUT2D eigenvalue weighted by molar-refractivity contribution is -0.115. The molecule has 2 aromatic rings. The normalized spacial score (nSPS) is 11.3. The van der Waals surface area contributed by atoms with E-state index in [9.17, 15) is 13.2 Å². The van der Waals surface area contributed by atoms with Crippen molar-refractivity contribution in [2.75, 3.05) is 11.1 Å². The maximum atomic E-state index is 12.1. The predicted octanol–water partition coefficient (Wildman–Crippen LogP) is 1.83. The average Bonchev–Trinajstić information content (AvgIpc) is 2.78. The highest BCUT2D eigenvalue weighted by atomic mass is 32.2. The van der Waals surface area contributed by atoms with Crippen molar-refractivity contribution in [3.8, 4) is 0 Å². The molecule has 0 unspecified atom stereocenters. The molecule has 0 aliphatic rings. The van der Waals surface area contributed by atoms with Crippen LogP contribution in [0, 0.1) is 13.8 Å². The van der Waals surface area contributed by atoms with Crippen LogP contribution in [0.15, 0.2) is 35.2 Å². The van der Waals surface area contributed by atoms with Gasteiger partial charge in [0.15, 0.2) is 15.7 Å². The van der Waals surface area contributed by atoms with Crippen LogP contribution in [0.5, 0.6) is 0 Å². The highest BCUT2D eigenvalue weighted by Gasteiger charge is 2.17. The first-order valence-electron chi connectivity index (χ1n) is 6.49. The zero-order valence-electron chi connectivity index (χ0n) is 11.9. The second-order valence-electron chi connectivity index (χ2n) is 4.75. The van der Waals surface area contributed by atoms with E-state index in [1.54, 1.807) is 18.2 Å². The van der Waals surface area contributed by atoms with Crippen LogP contribution < -0.4 is 5.32 Å². The summed E-state index contributed by atoms with van der Waals surface area (Å²) < 4.78 is 24.1. The Labute approximate surface area is 123 Å². The molecule has 1 aromatic carbocycles. The number of anilines is 1. The van der Waals surface area contributed by atoms with Gasteiger partial charge in [-0.2, -0.15) is 5.10 Å². The lowest BCUT2D eigenvalue weighted by atomic mass is 10.3. The molecule has 2 N–H and O–H groups in total. The van der Waals surface area contributed by atoms with Crippen molar-refractivity contribution < 1.29 is 13.2 Å². The first-order chi connectivity index (χ1) is 9.90. The van der Waals surface area contributed by atoms with E-state index in [1.165, 1.54) is 12.1 Å². The van der Waals surface area contributed by atoms with E-state index in [0.717, 1.165) is 11.3 Å². The second-order valence-corrected chi connectivity index (χ2v) is 6.86. The van der Waals surface area contributed by atoms with Crippen LogP contribution in [0.25, 0.3) is 0 Å². The molecule has 7 heteroatoms. The number of hydrogen-bond acceptors (Lipinski definition) is 4. The Morgan fingerprint density at radius 1 is 1.24 bits per heavy atom. The van der Waals surface area contributed by atoms with Gasteiger partial charge in [-0.25, -0.2) is 8.42 Å². The highest BCUT2D eigenvalue weighted by Crippen LogP contribution is 2.15. The van der Waals surface area contributed by atoms with Crippen LogP contribution >= 0.6 is 0 Å². The van der Waals surface area contributed by atoms with Gasteiger partial charge in [0.25, 0.3) is 0 Å². The van der Waals surface area contributed by atoms with Crippen molar-refractivity contribution in [1.29, 1.82) is 0 Å². The molecule has 1 amide bonds. The van der Waals surface area contributed by atoms with Crippen LogP contribution in [0.1, 0.15) is 17.7 Å². The van der Waals surface area contributed by atoms with Gasteiger partial charge in [0, 0.05) is 17.7 Å². The molecule has 0 radical (unpaired) electrons. The number of aryl methyl sites for hydroxylation is 1. The third-order valence-corrected chi connectivity index (χ3v) is 4.94. The fraction of sp³-hybridized carbons (Fsp3) is 0.286. The quantitative estimate of drug-likeness (QED) is 0.881. The lowest BCUT2D eigenvalue weighted by Crippen LogP contribution is -2.18. The first-order valence-corrected chi connectivity index (χ1v) is 8.14. The molecule has 112 valence electrons. The zero-order valence-corrected chi connectivity index (χ0v) is 12.7. The largest absolute Gasteiger partial charge is 0.309 e. The van der Waals surface area contributed by atoms with Gasteiger partial charge in [0.2, 0.25) is 5.91 Å². The van der Waals surface area contributed by atoms with E-state index in [-0.39, 0.29) is 23.0 Å². The van der Waals surface area contributed by atoms with Gasteiger partial charge < -0.3 is 5.32 Å². The summed E-state index contributed by atoms with van der Waals surface area (Å²) in [6, 6.07) is 8.10. The first kappa shape index (κ1) is 15.2. The number of hydrogen-bond donors (Lipinski definition) is 2. The summed E-state index contributed by atoms with van der Waals surface area (Å²) in [6.07, 6.45) is -0.109. The molecular weight excluding hydrogens is 290 g/mol. The summed E-state index contributed by atoms with van der Waals surface area (Å²) in [5.41, 5.74) is 1.71. The van der Waals surface area contributed by atoms with Crippen molar-refractivity contribution in [2.45, 2.75) is 25.2 Å². The number of amides is 1. The maximum absolute atomic E-state index is 12.1. The standard InChI is InChI=1S/C14H17N3O3S/c1-10-11(2)16-17-14(10)15-13(18)8-9-21(19,20)12-6-4-3-5-7-12/h3-7H,8-9H2,1-2H3,(H2,15,16,17,18). The Morgan fingerprint density at radius 2 is 1.90 bits per heavy atom. The molecule has 0 aliphatic heterocycles. The number of aromatic amines is 1. The number of H-pyrrole nitrogens is 1. The van der Waals surface area contributed by atoms with Crippen molar-refractivity contribution in [2.24, 2.45) is 0 Å². The molecule has 0 bridgehead atoms. The van der Waals surface area contributed by atoms with Crippen LogP contribution in [-0.4, -0.2) is 30.3 Å². The molecule has 0 aliphatic carbocycles. The zero-order chi connectivity index (χ0) is 15.5. The average molecular weight is 307 g/mol. The van der Waals surface area contributed by atoms with Gasteiger partial charge in [-0.15, -0.1) is 0 Å². The fourth-order valence-corrected chi connectivity index (χ4v) is 3.04. The third kappa shape index (κ3) is 3.69. The molecule has 6 nitrogen and oxygen atoms in total. The minimum absolute atomic E-state index is 0.109. The number of benzene rings is 1. The predicted molar refractivity (Wildman–Crippen MR) is 79.8 cm³/mol. The Bertz CT molecular complexity index is 736. The van der Waals surface area contributed by atoms with Crippen molar-refractivity contribution >= 4 is 21.6 Å². The molecule has 1 heterocycles. The Balaban J connectivity index is 1.97. The van der Waals surface area contributed by atoms with Gasteiger partial charge in [-0.1, -0.05) is 18.2 Å². The van der Waals surface area contributed by atoms with Crippen LogP contribution in [-0.2, 0) is 14.6 Å². The number of sulfone groups is 1. The van der Waals surface area contributed by atoms with Gasteiger partial charge >= 0.3 is 0 Å². The monoisotopic (exact) mass is 307 g/mol. The second kappa shape index (κ2) is 6.09. The van der Waals surface area contributed by atoms with E-state index < -0.39 is 9.84 Å². The number of nitrogens with zero attached hydrogens (tertiary/aromatic N) is 1. The molecule has 1 aromatic heterocycles. The molecule has 0 saturated carbocycles. The number of rotatable bonds is 5. The van der Waals surface area contributed by atoms with E-state index in [0.29, 0.717) is 5.82 Å². The van der Waals surface area contributed by atoms with E-state index in [4.69, 9.17) is 0 Å². The van der Waals surface area contributed by atoms with E-state index in [2.05, 4.69) is 15.5 Å². The summed E-state index contributed by atoms with van der Waals surface area (Å²) >= 11 is 0. The Morgan fingerprint density at radius 3 is 2.48 bits per heavy atom. The minimum atomic E-state index is -3.44. The van der Waals surface area contributed by atoms with Gasteiger partial charge in [-0.05, 0) is 26.0 Å². The summed E-state index contributed by atoms with van der Waals surface area (Å²) in [4.78, 5) is 12.0. The molecule has 0 saturated heterocycles. The van der Waals surface area contributed by atoms with Gasteiger partial charge in [0.1, 0.15) is 0 Å². The molecule has 0 spiro atoms. The summed E-state index contributed by atoms with van der Waals surface area (Å²) in [6.45, 7) is 3.67. The van der Waals surface area contributed by atoms with E-state index >= 15 is 0 Å². The van der Waals surface area contributed by atoms with Gasteiger partial charge in [-0.3, -0.25) is 9.89 Å². The van der Waals surface area contributed by atoms with Crippen molar-refractivity contribution in [3.63, 3.8) is 0 Å². The van der Waals surface area contributed by atoms with Crippen molar-refractivity contribution in [1.82, 2.24) is 10.2 Å². The Hall–Kier alpha value is -2.15. The lowest BCUT2D eigenvalue weighted by Gasteiger charge is -2.05. The number of carbonyl (C=O) groups is 1. The third-order valence-electron chi connectivity index (χ3n) is 3.21. The topological polar surface area (TPSA) is 91.9 Å². The number of nitrogens with one attached hydrogen (secondary N) is 2. The minimum Gasteiger partial charge on any atom is -0.309 e. The molecule has 21 heavy (non-hydrogen) atoms. The van der Waals surface area contributed by atoms with E-state index in [1.807, 2.05) is 13.8 Å². The van der Waals surface area contributed by atoms with Crippen LogP contribution in [0.2, 0.25) is 0 Å². The molecule has 0 fully saturated rings. The summed E-state index contributed by atoms with van der Waals surface area (Å²) in [5.74, 6) is -0.163. The summed E-state index contributed by atoms with van der Waals surface area (Å²) in [7, 11) is -3.44. The number of carbonyl (C=O) groups excluding carboxylic acids is 1. The molecule has 2 rings (SSSR count). The number of aromatic nitrogens is 2. The smallest absolute Gasteiger partial charge is 0.226 e. The van der Waals surface area contributed by atoms with Crippen LogP contribution in [0.3, 0.4) is 0 Å². The fourth-order valence-electron chi connectivity index (χ4n) is 1.77. The molecule has 0 atom stereocenters. The highest BCUT2D eigenvalue weighted by molar-refractivity contribution is 7.91. The molecular formula is C14H17N3O3S. The Kier molecular flexibility index (Phi) is 4.42. The summed E-state index contributed by atoms with van der Waals surface area (Å²) in [5, 5.41) is 9.32. The van der Waals surface area contributed by atoms with Crippen LogP contribution in [0.4, 0.5) is 5.82 Å². The maximum Gasteiger partial charge on any atom is 0.226 e. The van der Waals surface area contributed by atoms with Crippen molar-refractivity contribution in [3.05, 3.63) is 41.6 Å². The SMILES string of the molecule is Cc1[nH]nc(NC(=O)CCS(=O)(=O)c2ccccc2)c1C.